The van der Waals surface area contributed by atoms with Crippen molar-refractivity contribution in [1.29, 1.82) is 0 Å². The van der Waals surface area contributed by atoms with E-state index < -0.39 is 0 Å². The van der Waals surface area contributed by atoms with Crippen LogP contribution in [0.4, 0.5) is 0 Å². The molecule has 3 aromatic carbocycles. The van der Waals surface area contributed by atoms with Gasteiger partial charge in [-0.3, -0.25) is 4.40 Å². The van der Waals surface area contributed by atoms with E-state index in [-0.39, 0.29) is 0 Å². The Balaban J connectivity index is 0.000000233. The molecule has 1 aliphatic rings. The fourth-order valence-corrected chi connectivity index (χ4v) is 4.95. The van der Waals surface area contributed by atoms with Crippen LogP contribution in [-0.2, 0) is 5.54 Å². The van der Waals surface area contributed by atoms with Gasteiger partial charge in [-0.15, -0.1) is 0 Å². The largest absolute Gasteiger partial charge is 0.387 e. The Morgan fingerprint density at radius 3 is 2.23 bits per heavy atom. The molecule has 2 N–H and O–H groups in total. The van der Waals surface area contributed by atoms with Gasteiger partial charge in [0, 0.05) is 24.3 Å². The number of aromatic nitrogens is 2. The number of rotatable bonds is 7. The van der Waals surface area contributed by atoms with Crippen LogP contribution in [0.15, 0.2) is 110 Å². The van der Waals surface area contributed by atoms with Gasteiger partial charge in [-0.2, -0.15) is 0 Å². The maximum atomic E-state index is 4.90. The first-order valence-corrected chi connectivity index (χ1v) is 13.4. The Morgan fingerprint density at radius 2 is 1.59 bits per heavy atom. The molecule has 1 saturated carbocycles. The van der Waals surface area contributed by atoms with Gasteiger partial charge in [0.2, 0.25) is 0 Å². The van der Waals surface area contributed by atoms with Crippen molar-refractivity contribution in [2.75, 3.05) is 14.1 Å². The summed E-state index contributed by atoms with van der Waals surface area (Å²) in [4.78, 5) is 4.90. The molecule has 0 spiro atoms. The lowest BCUT2D eigenvalue weighted by molar-refractivity contribution is 0.586. The summed E-state index contributed by atoms with van der Waals surface area (Å²) >= 11 is 0. The van der Waals surface area contributed by atoms with E-state index in [2.05, 4.69) is 132 Å². The average Bonchev–Trinajstić information content (AvgIpc) is 3.71. The topological polar surface area (TPSA) is 41.4 Å². The van der Waals surface area contributed by atoms with Crippen LogP contribution in [0.2, 0.25) is 0 Å². The first kappa shape index (κ1) is 26.2. The highest BCUT2D eigenvalue weighted by Crippen LogP contribution is 2.44. The van der Waals surface area contributed by atoms with E-state index >= 15 is 0 Å². The van der Waals surface area contributed by atoms with Gasteiger partial charge >= 0.3 is 0 Å². The summed E-state index contributed by atoms with van der Waals surface area (Å²) in [6.07, 6.45) is 6.56. The molecule has 0 atom stereocenters. The molecule has 2 heterocycles. The van der Waals surface area contributed by atoms with Crippen molar-refractivity contribution in [1.82, 2.24) is 20.0 Å². The van der Waals surface area contributed by atoms with Gasteiger partial charge < -0.3 is 10.6 Å². The van der Waals surface area contributed by atoms with Crippen LogP contribution < -0.4 is 10.6 Å². The molecule has 196 valence electrons. The highest BCUT2D eigenvalue weighted by Gasteiger charge is 2.42. The van der Waals surface area contributed by atoms with E-state index in [1.807, 2.05) is 20.2 Å². The monoisotopic (exact) mass is 512 g/mol. The summed E-state index contributed by atoms with van der Waals surface area (Å²) in [5.74, 6) is 0. The predicted molar refractivity (Wildman–Crippen MR) is 165 cm³/mol. The molecule has 4 heteroatoms. The number of benzene rings is 3. The molecular weight excluding hydrogens is 476 g/mol. The zero-order chi connectivity index (χ0) is 27.4. The van der Waals surface area contributed by atoms with Gasteiger partial charge in [0.25, 0.3) is 0 Å². The van der Waals surface area contributed by atoms with Crippen molar-refractivity contribution in [3.05, 3.63) is 133 Å². The summed E-state index contributed by atoms with van der Waals surface area (Å²) in [5, 5.41) is 6.56. The van der Waals surface area contributed by atoms with E-state index in [4.69, 9.17) is 4.98 Å². The van der Waals surface area contributed by atoms with Crippen LogP contribution in [0.3, 0.4) is 0 Å². The summed E-state index contributed by atoms with van der Waals surface area (Å²) in [6.45, 7) is 10.2. The van der Waals surface area contributed by atoms with Gasteiger partial charge in [-0.25, -0.2) is 4.98 Å². The van der Waals surface area contributed by atoms with Gasteiger partial charge in [0.05, 0.1) is 17.1 Å². The molecular formula is C35H36N4. The smallest absolute Gasteiger partial charge is 0.138 e. The second-order valence-corrected chi connectivity index (χ2v) is 10.1. The molecule has 0 amide bonds. The van der Waals surface area contributed by atoms with E-state index in [9.17, 15) is 0 Å². The molecule has 1 fully saturated rings. The molecule has 5 aromatic rings. The van der Waals surface area contributed by atoms with Gasteiger partial charge in [0.1, 0.15) is 5.65 Å². The Kier molecular flexibility index (Phi) is 7.49. The van der Waals surface area contributed by atoms with Crippen molar-refractivity contribution >= 4 is 17.4 Å². The van der Waals surface area contributed by atoms with Crippen molar-refractivity contribution in [3.63, 3.8) is 0 Å². The maximum Gasteiger partial charge on any atom is 0.138 e. The molecule has 0 bridgehead atoms. The Labute approximate surface area is 231 Å². The molecule has 6 rings (SSSR count). The van der Waals surface area contributed by atoms with Gasteiger partial charge in [0.15, 0.2) is 0 Å². The fraction of sp³-hybridized carbons (Fsp3) is 0.171. The number of nitrogens with zero attached hydrogens (tertiary/aromatic N) is 2. The van der Waals surface area contributed by atoms with E-state index in [1.165, 1.54) is 24.0 Å². The molecule has 0 aliphatic heterocycles. The number of nitrogens with one attached hydrogen (secondary N) is 2. The van der Waals surface area contributed by atoms with Crippen LogP contribution in [0.25, 0.3) is 39.8 Å². The number of pyridine rings is 1. The van der Waals surface area contributed by atoms with Crippen LogP contribution in [0.1, 0.15) is 35.2 Å². The minimum Gasteiger partial charge on any atom is -0.387 e. The molecule has 2 aromatic heterocycles. The lowest BCUT2D eigenvalue weighted by Crippen LogP contribution is -2.24. The summed E-state index contributed by atoms with van der Waals surface area (Å²) in [6, 6.07) is 31.6. The van der Waals surface area contributed by atoms with Crippen molar-refractivity contribution in [2.45, 2.75) is 25.3 Å². The Morgan fingerprint density at radius 1 is 0.872 bits per heavy atom. The molecule has 0 unspecified atom stereocenters. The first-order chi connectivity index (χ1) is 19.0. The third-order valence-electron chi connectivity index (χ3n) is 7.54. The molecule has 0 radical (unpaired) electrons. The molecule has 4 nitrogen and oxygen atoms in total. The number of fused-ring (bicyclic) bond motifs is 1. The van der Waals surface area contributed by atoms with Gasteiger partial charge in [-0.1, -0.05) is 97.6 Å². The van der Waals surface area contributed by atoms with E-state index in [1.54, 1.807) is 0 Å². The number of aryl methyl sites for hydroxylation is 1. The maximum absolute atomic E-state index is 4.90. The molecule has 1 aliphatic carbocycles. The number of imidazole rings is 1. The Bertz CT molecular complexity index is 1610. The zero-order valence-electron chi connectivity index (χ0n) is 23.0. The molecule has 39 heavy (non-hydrogen) atoms. The van der Waals surface area contributed by atoms with Gasteiger partial charge in [-0.05, 0) is 67.3 Å². The third-order valence-corrected chi connectivity index (χ3v) is 7.54. The van der Waals surface area contributed by atoms with Crippen molar-refractivity contribution in [2.24, 2.45) is 0 Å². The predicted octanol–water partition coefficient (Wildman–Crippen LogP) is 7.70. The molecule has 0 saturated heterocycles. The highest BCUT2D eigenvalue weighted by atomic mass is 15.0. The highest BCUT2D eigenvalue weighted by molar-refractivity contribution is 5.80. The lowest BCUT2D eigenvalue weighted by atomic mass is 10.0. The van der Waals surface area contributed by atoms with Crippen LogP contribution in [-0.4, -0.2) is 23.5 Å². The summed E-state index contributed by atoms with van der Waals surface area (Å²) < 4.78 is 2.12. The summed E-state index contributed by atoms with van der Waals surface area (Å²) in [7, 11) is 3.93. The number of hydrogen-bond acceptors (Lipinski definition) is 3. The average molecular weight is 513 g/mol. The SMILES string of the molecule is C=Cc1cccc(-c2ccc3nc(-c4ccc(C)cc4)c(C(=C)NC)n3c2)c1.CNC1(c2ccccc2)CC1. The lowest BCUT2D eigenvalue weighted by Gasteiger charge is -2.13. The second kappa shape index (κ2) is 11.1. The zero-order valence-corrected chi connectivity index (χ0v) is 23.0. The fourth-order valence-electron chi connectivity index (χ4n) is 4.95. The van der Waals surface area contributed by atoms with Crippen molar-refractivity contribution < 1.29 is 0 Å². The van der Waals surface area contributed by atoms with E-state index in [0.29, 0.717) is 5.54 Å². The number of hydrogen-bond donors (Lipinski definition) is 2. The van der Waals surface area contributed by atoms with Crippen LogP contribution in [0.5, 0.6) is 0 Å². The first-order valence-electron chi connectivity index (χ1n) is 13.4. The Hall–Kier alpha value is -4.41. The standard InChI is InChI=1S/C25H23N3.C10H13N/c1-5-19-7-6-8-21(15-19)22-13-14-23-27-24(20-11-9-17(2)10-12-20)25(18(3)26-4)28(23)16-22;1-11-10(7-8-10)9-5-3-2-4-6-9/h5-16,26H,1,3H2,2,4H3;2-6,11H,7-8H2,1H3. The second-order valence-electron chi connectivity index (χ2n) is 10.1. The van der Waals surface area contributed by atoms with Crippen molar-refractivity contribution in [3.8, 4) is 22.4 Å². The normalized spacial score (nSPS) is 13.3. The van der Waals surface area contributed by atoms with Crippen LogP contribution >= 0.6 is 0 Å². The minimum absolute atomic E-state index is 0.335. The minimum atomic E-state index is 0.335. The van der Waals surface area contributed by atoms with Crippen LogP contribution in [0, 0.1) is 6.92 Å². The van der Waals surface area contributed by atoms with E-state index in [0.717, 1.165) is 45.0 Å². The summed E-state index contributed by atoms with van der Waals surface area (Å²) in [5.41, 5.74) is 11.1. The third kappa shape index (κ3) is 5.43. The quantitative estimate of drug-likeness (QED) is 0.235.